The van der Waals surface area contributed by atoms with Crippen LogP contribution in [0.5, 0.6) is 0 Å². The Labute approximate surface area is 143 Å². The first kappa shape index (κ1) is 19.6. The lowest BCUT2D eigenvalue weighted by atomic mass is 9.85. The molecule has 0 saturated heterocycles. The lowest BCUT2D eigenvalue weighted by Crippen LogP contribution is -2.37. The summed E-state index contributed by atoms with van der Waals surface area (Å²) in [4.78, 5) is 22.6. The molecule has 24 heavy (non-hydrogen) atoms. The Balaban J connectivity index is 2.70. The molecule has 5 heteroatoms. The third kappa shape index (κ3) is 6.36. The van der Waals surface area contributed by atoms with Gasteiger partial charge in [-0.25, -0.2) is 0 Å². The summed E-state index contributed by atoms with van der Waals surface area (Å²) in [6.45, 7) is 3.66. The zero-order valence-electron chi connectivity index (χ0n) is 14.1. The van der Waals surface area contributed by atoms with Gasteiger partial charge < -0.3 is 4.74 Å². The van der Waals surface area contributed by atoms with Crippen LogP contribution in [0.4, 0.5) is 0 Å². The monoisotopic (exact) mass is 331 g/mol. The van der Waals surface area contributed by atoms with E-state index >= 15 is 0 Å². The number of unbranched alkanes of at least 4 members (excludes halogenated alkanes) is 1. The molecule has 0 aliphatic carbocycles. The molecule has 0 aliphatic rings. The van der Waals surface area contributed by atoms with Crippen LogP contribution >= 0.6 is 0 Å². The van der Waals surface area contributed by atoms with E-state index in [1.807, 2.05) is 42.5 Å². The number of esters is 1. The summed E-state index contributed by atoms with van der Waals surface area (Å²) in [7, 11) is 1.34. The highest BCUT2D eigenvalue weighted by Gasteiger charge is 2.39. The Hall–Kier alpha value is -2.43. The minimum atomic E-state index is -1.07. The average molecular weight is 331 g/mol. The fourth-order valence-corrected chi connectivity index (χ4v) is 2.60. The smallest absolute Gasteiger partial charge is 0.305 e. The van der Waals surface area contributed by atoms with Gasteiger partial charge in [-0.3, -0.25) is 14.9 Å². The summed E-state index contributed by atoms with van der Waals surface area (Å²) >= 11 is 0. The molecule has 0 heterocycles. The Kier molecular flexibility index (Phi) is 8.47. The summed E-state index contributed by atoms with van der Waals surface area (Å²) in [5.41, 5.74) is -0.0533. The van der Waals surface area contributed by atoms with Gasteiger partial charge in [-0.1, -0.05) is 48.6 Å². The number of carbonyl (C=O) groups excluding carboxylic acids is 1. The second-order valence-corrected chi connectivity index (χ2v) is 5.77. The van der Waals surface area contributed by atoms with Crippen LogP contribution in [0.2, 0.25) is 0 Å². The highest BCUT2D eigenvalue weighted by atomic mass is 16.6. The number of carbonyl (C=O) groups is 1. The third-order valence-electron chi connectivity index (χ3n) is 4.02. The highest BCUT2D eigenvalue weighted by Crippen LogP contribution is 2.28. The van der Waals surface area contributed by atoms with E-state index in [1.165, 1.54) is 7.11 Å². The van der Waals surface area contributed by atoms with Crippen molar-refractivity contribution in [3.8, 4) is 0 Å². The van der Waals surface area contributed by atoms with Gasteiger partial charge in [0.25, 0.3) is 0 Å². The van der Waals surface area contributed by atoms with Gasteiger partial charge in [0.1, 0.15) is 0 Å². The Morgan fingerprint density at radius 2 is 2.00 bits per heavy atom. The van der Waals surface area contributed by atoms with E-state index in [-0.39, 0.29) is 17.3 Å². The van der Waals surface area contributed by atoms with Gasteiger partial charge in [-0.2, -0.15) is 0 Å². The minimum absolute atomic E-state index is 0.206. The van der Waals surface area contributed by atoms with Crippen LogP contribution in [0.1, 0.15) is 44.1 Å². The molecule has 0 radical (unpaired) electrons. The molecule has 1 aromatic carbocycles. The zero-order chi connectivity index (χ0) is 17.8. The Morgan fingerprint density at radius 1 is 1.29 bits per heavy atom. The van der Waals surface area contributed by atoms with Crippen molar-refractivity contribution < 1.29 is 14.5 Å². The molecule has 1 rings (SSSR count). The predicted molar refractivity (Wildman–Crippen MR) is 95.1 cm³/mol. The first-order valence-corrected chi connectivity index (χ1v) is 8.08. The molecule has 0 spiro atoms. The van der Waals surface area contributed by atoms with E-state index in [0.29, 0.717) is 32.1 Å². The van der Waals surface area contributed by atoms with Crippen molar-refractivity contribution in [1.29, 1.82) is 0 Å². The van der Waals surface area contributed by atoms with Crippen LogP contribution in [0.3, 0.4) is 0 Å². The van der Waals surface area contributed by atoms with Gasteiger partial charge in [-0.15, -0.1) is 6.58 Å². The van der Waals surface area contributed by atoms with Gasteiger partial charge in [0.2, 0.25) is 5.54 Å². The van der Waals surface area contributed by atoms with Crippen LogP contribution in [0.25, 0.3) is 6.08 Å². The van der Waals surface area contributed by atoms with Crippen LogP contribution in [0.15, 0.2) is 49.1 Å². The lowest BCUT2D eigenvalue weighted by molar-refractivity contribution is -0.570. The van der Waals surface area contributed by atoms with Crippen molar-refractivity contribution in [2.45, 2.75) is 44.1 Å². The van der Waals surface area contributed by atoms with Gasteiger partial charge in [0.15, 0.2) is 0 Å². The van der Waals surface area contributed by atoms with Crippen LogP contribution in [0, 0.1) is 10.1 Å². The summed E-state index contributed by atoms with van der Waals surface area (Å²) < 4.78 is 4.59. The Morgan fingerprint density at radius 3 is 2.58 bits per heavy atom. The van der Waals surface area contributed by atoms with E-state index < -0.39 is 5.54 Å². The lowest BCUT2D eigenvalue weighted by Gasteiger charge is -2.23. The van der Waals surface area contributed by atoms with E-state index in [4.69, 9.17) is 0 Å². The number of ether oxygens (including phenoxy) is 1. The molecule has 0 fully saturated rings. The summed E-state index contributed by atoms with van der Waals surface area (Å²) in [6.07, 6.45) is 7.86. The van der Waals surface area contributed by atoms with E-state index in [1.54, 1.807) is 6.08 Å². The zero-order valence-corrected chi connectivity index (χ0v) is 14.1. The van der Waals surface area contributed by atoms with Crippen molar-refractivity contribution in [3.63, 3.8) is 0 Å². The molecule has 0 aliphatic heterocycles. The maximum Gasteiger partial charge on any atom is 0.305 e. The number of hydrogen-bond donors (Lipinski definition) is 0. The number of nitro groups is 1. The second kappa shape index (κ2) is 10.4. The molecular weight excluding hydrogens is 306 g/mol. The second-order valence-electron chi connectivity index (χ2n) is 5.77. The largest absolute Gasteiger partial charge is 0.469 e. The molecule has 0 aromatic heterocycles. The van der Waals surface area contributed by atoms with Gasteiger partial charge in [0, 0.05) is 30.6 Å². The average Bonchev–Trinajstić information content (AvgIpc) is 2.59. The molecule has 1 unspecified atom stereocenters. The molecular formula is C19H25NO4. The molecule has 5 nitrogen and oxygen atoms in total. The number of hydrogen-bond acceptors (Lipinski definition) is 4. The van der Waals surface area contributed by atoms with Crippen LogP contribution in [-0.2, 0) is 9.53 Å². The fourth-order valence-electron chi connectivity index (χ4n) is 2.60. The summed E-state index contributed by atoms with van der Waals surface area (Å²) in [6, 6.07) is 9.69. The van der Waals surface area contributed by atoms with Crippen molar-refractivity contribution >= 4 is 12.0 Å². The van der Waals surface area contributed by atoms with Crippen LogP contribution in [-0.4, -0.2) is 23.5 Å². The summed E-state index contributed by atoms with van der Waals surface area (Å²) in [5.74, 6) is -0.283. The van der Waals surface area contributed by atoms with Gasteiger partial charge >= 0.3 is 5.97 Å². The minimum Gasteiger partial charge on any atom is -0.469 e. The van der Waals surface area contributed by atoms with Crippen LogP contribution < -0.4 is 0 Å². The maximum absolute atomic E-state index is 11.7. The molecule has 0 saturated carbocycles. The predicted octanol–water partition coefficient (Wildman–Crippen LogP) is 4.41. The SMILES string of the molecule is C=CCC(C/C=C/c1ccccc1)(CCCCC(=O)OC)[N+](=O)[O-]. The van der Waals surface area contributed by atoms with Crippen molar-refractivity contribution in [2.75, 3.05) is 7.11 Å². The first-order chi connectivity index (χ1) is 11.5. The van der Waals surface area contributed by atoms with Crippen molar-refractivity contribution in [3.05, 3.63) is 64.7 Å². The van der Waals surface area contributed by atoms with Crippen molar-refractivity contribution in [1.82, 2.24) is 0 Å². The molecule has 0 N–H and O–H groups in total. The van der Waals surface area contributed by atoms with Gasteiger partial charge in [0.05, 0.1) is 7.11 Å². The fraction of sp³-hybridized carbons (Fsp3) is 0.421. The molecule has 1 atom stereocenters. The molecule has 1 aromatic rings. The van der Waals surface area contributed by atoms with E-state index in [0.717, 1.165) is 5.56 Å². The quantitative estimate of drug-likeness (QED) is 0.198. The topological polar surface area (TPSA) is 69.4 Å². The summed E-state index contributed by atoms with van der Waals surface area (Å²) in [5, 5.41) is 11.7. The number of benzene rings is 1. The maximum atomic E-state index is 11.7. The highest BCUT2D eigenvalue weighted by molar-refractivity contribution is 5.68. The van der Waals surface area contributed by atoms with E-state index in [9.17, 15) is 14.9 Å². The molecule has 0 amide bonds. The number of methoxy groups -OCH3 is 1. The standard InChI is InChI=1S/C19H25NO4/c1-3-14-19(20(22)23,15-8-7-13-18(21)24-2)16-9-12-17-10-5-4-6-11-17/h3-6,9-12H,1,7-8,13-16H2,2H3/b12-9+. The third-order valence-corrected chi connectivity index (χ3v) is 4.02. The number of rotatable bonds is 11. The first-order valence-electron chi connectivity index (χ1n) is 8.08. The van der Waals surface area contributed by atoms with Gasteiger partial charge in [-0.05, 0) is 18.4 Å². The Bertz CT molecular complexity index is 568. The van der Waals surface area contributed by atoms with E-state index in [2.05, 4.69) is 11.3 Å². The number of nitrogens with zero attached hydrogens (tertiary/aromatic N) is 1. The normalized spacial score (nSPS) is 13.4. The van der Waals surface area contributed by atoms with Crippen molar-refractivity contribution in [2.24, 2.45) is 0 Å². The molecule has 0 bridgehead atoms. The molecule has 130 valence electrons.